The summed E-state index contributed by atoms with van der Waals surface area (Å²) in [4.78, 5) is 12.2. The van der Waals surface area contributed by atoms with Gasteiger partial charge in [0.05, 0.1) is 16.9 Å². The number of hydrogen-bond acceptors (Lipinski definition) is 3. The summed E-state index contributed by atoms with van der Waals surface area (Å²) in [5, 5.41) is 5.01. The van der Waals surface area contributed by atoms with Crippen molar-refractivity contribution >= 4 is 17.6 Å². The van der Waals surface area contributed by atoms with Gasteiger partial charge >= 0.3 is 5.97 Å². The predicted octanol–water partition coefficient (Wildman–Crippen LogP) is 4.50. The average Bonchev–Trinajstić information content (AvgIpc) is 2.92. The third-order valence-corrected chi connectivity index (χ3v) is 4.04. The summed E-state index contributed by atoms with van der Waals surface area (Å²) in [6.07, 6.45) is 0. The van der Waals surface area contributed by atoms with E-state index in [2.05, 4.69) is 5.10 Å². The van der Waals surface area contributed by atoms with Gasteiger partial charge in [0.1, 0.15) is 6.61 Å². The number of aryl methyl sites for hydroxylation is 2. The average molecular weight is 341 g/mol. The fourth-order valence-electron chi connectivity index (χ4n) is 2.47. The van der Waals surface area contributed by atoms with Crippen LogP contribution in [0.2, 0.25) is 5.02 Å². The molecule has 0 spiro atoms. The van der Waals surface area contributed by atoms with Gasteiger partial charge in [-0.05, 0) is 50.2 Å². The third kappa shape index (κ3) is 3.49. The molecule has 0 bridgehead atoms. The summed E-state index contributed by atoms with van der Waals surface area (Å²) in [7, 11) is 0. The van der Waals surface area contributed by atoms with Gasteiger partial charge in [-0.15, -0.1) is 0 Å². The molecule has 0 saturated carbocycles. The molecule has 0 radical (unpaired) electrons. The molecule has 0 N–H and O–H groups in total. The molecule has 0 saturated heterocycles. The lowest BCUT2D eigenvalue weighted by atomic mass is 10.2. The summed E-state index contributed by atoms with van der Waals surface area (Å²) >= 11 is 6.06. The summed E-state index contributed by atoms with van der Waals surface area (Å²) in [6.45, 7) is 4.09. The van der Waals surface area contributed by atoms with Gasteiger partial charge in [-0.2, -0.15) is 5.10 Å². The van der Waals surface area contributed by atoms with Crippen LogP contribution >= 0.6 is 11.6 Å². The van der Waals surface area contributed by atoms with Crippen molar-refractivity contribution in [2.45, 2.75) is 20.5 Å². The molecule has 0 atom stereocenters. The Morgan fingerprint density at radius 3 is 2.46 bits per heavy atom. The van der Waals surface area contributed by atoms with E-state index >= 15 is 0 Å². The Balaban J connectivity index is 1.70. The Bertz CT molecular complexity index is 869. The van der Waals surface area contributed by atoms with Crippen molar-refractivity contribution in [1.29, 1.82) is 0 Å². The van der Waals surface area contributed by atoms with Crippen LogP contribution in [0.25, 0.3) is 5.69 Å². The van der Waals surface area contributed by atoms with Crippen molar-refractivity contribution in [2.75, 3.05) is 0 Å². The van der Waals surface area contributed by atoms with E-state index in [0.717, 1.165) is 22.6 Å². The lowest BCUT2D eigenvalue weighted by Crippen LogP contribution is -2.06. The van der Waals surface area contributed by atoms with Crippen LogP contribution < -0.4 is 0 Å². The maximum absolute atomic E-state index is 12.2. The summed E-state index contributed by atoms with van der Waals surface area (Å²) in [6, 6.07) is 16.5. The van der Waals surface area contributed by atoms with Gasteiger partial charge in [-0.25, -0.2) is 9.48 Å². The van der Waals surface area contributed by atoms with E-state index in [0.29, 0.717) is 10.6 Å². The number of hydrogen-bond donors (Lipinski definition) is 0. The first-order chi connectivity index (χ1) is 11.5. The fourth-order valence-corrected chi connectivity index (χ4v) is 2.66. The Labute approximate surface area is 145 Å². The van der Waals surface area contributed by atoms with E-state index in [1.165, 1.54) is 0 Å². The zero-order valence-corrected chi connectivity index (χ0v) is 14.2. The zero-order valence-electron chi connectivity index (χ0n) is 13.5. The molecule has 3 aromatic rings. The molecule has 5 heteroatoms. The SMILES string of the molecule is Cc1cc(C)n(-c2ccc(C(=O)OCc3ccccc3Cl)cc2)n1. The van der Waals surface area contributed by atoms with E-state index in [1.54, 1.807) is 18.2 Å². The van der Waals surface area contributed by atoms with E-state index in [-0.39, 0.29) is 12.6 Å². The number of esters is 1. The van der Waals surface area contributed by atoms with Gasteiger partial charge < -0.3 is 4.74 Å². The van der Waals surface area contributed by atoms with Crippen LogP contribution in [0.1, 0.15) is 27.3 Å². The fraction of sp³-hybridized carbons (Fsp3) is 0.158. The predicted molar refractivity (Wildman–Crippen MR) is 93.6 cm³/mol. The second-order valence-corrected chi connectivity index (χ2v) is 5.96. The van der Waals surface area contributed by atoms with Crippen LogP contribution in [0.15, 0.2) is 54.6 Å². The molecule has 2 aromatic carbocycles. The Morgan fingerprint density at radius 2 is 1.83 bits per heavy atom. The van der Waals surface area contributed by atoms with Crippen molar-refractivity contribution < 1.29 is 9.53 Å². The van der Waals surface area contributed by atoms with Gasteiger partial charge in [0.2, 0.25) is 0 Å². The quantitative estimate of drug-likeness (QED) is 0.657. The minimum absolute atomic E-state index is 0.151. The molecule has 1 aromatic heterocycles. The molecule has 122 valence electrons. The van der Waals surface area contributed by atoms with E-state index in [1.807, 2.05) is 54.9 Å². The maximum Gasteiger partial charge on any atom is 0.338 e. The van der Waals surface area contributed by atoms with Crippen LogP contribution in [0.4, 0.5) is 0 Å². The first kappa shape index (κ1) is 16.3. The van der Waals surface area contributed by atoms with Crippen molar-refractivity contribution in [2.24, 2.45) is 0 Å². The summed E-state index contributed by atoms with van der Waals surface area (Å²) in [5.41, 5.74) is 4.18. The first-order valence-corrected chi connectivity index (χ1v) is 7.96. The standard InChI is InChI=1S/C19H17ClN2O2/c1-13-11-14(2)22(21-13)17-9-7-15(8-10-17)19(23)24-12-16-5-3-4-6-18(16)20/h3-11H,12H2,1-2H3. The number of ether oxygens (including phenoxy) is 1. The molecular weight excluding hydrogens is 324 g/mol. The molecule has 1 heterocycles. The largest absolute Gasteiger partial charge is 0.457 e. The highest BCUT2D eigenvalue weighted by atomic mass is 35.5. The highest BCUT2D eigenvalue weighted by Crippen LogP contribution is 2.17. The lowest BCUT2D eigenvalue weighted by molar-refractivity contribution is 0.0473. The molecule has 4 nitrogen and oxygen atoms in total. The van der Waals surface area contributed by atoms with Crippen molar-refractivity contribution in [3.8, 4) is 5.69 Å². The number of halogens is 1. The lowest BCUT2D eigenvalue weighted by Gasteiger charge is -2.08. The van der Waals surface area contributed by atoms with Crippen molar-refractivity contribution in [1.82, 2.24) is 9.78 Å². The molecule has 24 heavy (non-hydrogen) atoms. The number of nitrogens with zero attached hydrogens (tertiary/aromatic N) is 2. The van der Waals surface area contributed by atoms with Crippen molar-refractivity contribution in [3.05, 3.63) is 82.1 Å². The minimum Gasteiger partial charge on any atom is -0.457 e. The van der Waals surface area contributed by atoms with Gasteiger partial charge in [-0.1, -0.05) is 29.8 Å². The molecule has 0 aliphatic carbocycles. The second-order valence-electron chi connectivity index (χ2n) is 5.55. The molecule has 0 amide bonds. The summed E-state index contributed by atoms with van der Waals surface area (Å²) in [5.74, 6) is -0.380. The van der Waals surface area contributed by atoms with Crippen LogP contribution in [0, 0.1) is 13.8 Å². The Kier molecular flexibility index (Phi) is 4.67. The summed E-state index contributed by atoms with van der Waals surface area (Å²) < 4.78 is 7.16. The molecule has 3 rings (SSSR count). The number of rotatable bonds is 4. The highest BCUT2D eigenvalue weighted by Gasteiger charge is 2.10. The number of benzene rings is 2. The number of carbonyl (C=O) groups excluding carboxylic acids is 1. The van der Waals surface area contributed by atoms with Gasteiger partial charge in [-0.3, -0.25) is 0 Å². The molecule has 0 fully saturated rings. The normalized spacial score (nSPS) is 10.6. The van der Waals surface area contributed by atoms with Gasteiger partial charge in [0.15, 0.2) is 0 Å². The maximum atomic E-state index is 12.2. The first-order valence-electron chi connectivity index (χ1n) is 7.59. The van der Waals surface area contributed by atoms with Crippen molar-refractivity contribution in [3.63, 3.8) is 0 Å². The Morgan fingerprint density at radius 1 is 1.12 bits per heavy atom. The van der Waals surface area contributed by atoms with Gasteiger partial charge in [0.25, 0.3) is 0 Å². The van der Waals surface area contributed by atoms with Gasteiger partial charge in [0, 0.05) is 16.3 Å². The minimum atomic E-state index is -0.380. The Hall–Kier alpha value is -2.59. The van der Waals surface area contributed by atoms with E-state index < -0.39 is 0 Å². The number of carbonyl (C=O) groups is 1. The van der Waals surface area contributed by atoms with Crippen LogP contribution in [0.3, 0.4) is 0 Å². The second kappa shape index (κ2) is 6.89. The third-order valence-electron chi connectivity index (χ3n) is 3.67. The van der Waals surface area contributed by atoms with Crippen LogP contribution in [-0.4, -0.2) is 15.7 Å². The van der Waals surface area contributed by atoms with E-state index in [9.17, 15) is 4.79 Å². The molecule has 0 aliphatic heterocycles. The molecule has 0 aliphatic rings. The van der Waals surface area contributed by atoms with E-state index in [4.69, 9.17) is 16.3 Å². The number of aromatic nitrogens is 2. The zero-order chi connectivity index (χ0) is 17.1. The topological polar surface area (TPSA) is 44.1 Å². The molecular formula is C19H17ClN2O2. The monoisotopic (exact) mass is 340 g/mol. The highest BCUT2D eigenvalue weighted by molar-refractivity contribution is 6.31. The molecule has 0 unspecified atom stereocenters. The van der Waals surface area contributed by atoms with Crippen LogP contribution in [0.5, 0.6) is 0 Å². The smallest absolute Gasteiger partial charge is 0.338 e. The van der Waals surface area contributed by atoms with Crippen LogP contribution in [-0.2, 0) is 11.3 Å².